The van der Waals surface area contributed by atoms with Crippen molar-refractivity contribution in [2.75, 3.05) is 4.72 Å². The fourth-order valence-corrected chi connectivity index (χ4v) is 2.82. The molecule has 0 bridgehead atoms. The first-order chi connectivity index (χ1) is 9.79. The lowest BCUT2D eigenvalue weighted by molar-refractivity contribution is -0.384. The Labute approximate surface area is 124 Å². The highest BCUT2D eigenvalue weighted by molar-refractivity contribution is 7.92. The van der Waals surface area contributed by atoms with Crippen LogP contribution in [0.4, 0.5) is 15.8 Å². The van der Waals surface area contributed by atoms with Crippen molar-refractivity contribution in [3.8, 4) is 0 Å². The fraction of sp³-hybridized carbons (Fsp3) is 0. The number of nitrogens with one attached hydrogen (secondary N) is 1. The largest absolute Gasteiger partial charge is 0.289 e. The van der Waals surface area contributed by atoms with Gasteiger partial charge in [0.25, 0.3) is 15.7 Å². The number of nitrogens with zero attached hydrogens (tertiary/aromatic N) is 1. The molecule has 0 aliphatic heterocycles. The van der Waals surface area contributed by atoms with Crippen LogP contribution >= 0.6 is 11.6 Å². The molecule has 0 fully saturated rings. The molecule has 0 radical (unpaired) electrons. The van der Waals surface area contributed by atoms with Crippen molar-refractivity contribution in [3.63, 3.8) is 0 Å². The average Bonchev–Trinajstić information content (AvgIpc) is 2.38. The van der Waals surface area contributed by atoms with E-state index in [1.807, 2.05) is 0 Å². The Morgan fingerprint density at radius 3 is 2.52 bits per heavy atom. The number of benzene rings is 2. The molecule has 6 nitrogen and oxygen atoms in total. The van der Waals surface area contributed by atoms with Gasteiger partial charge < -0.3 is 0 Å². The second-order valence-electron chi connectivity index (χ2n) is 3.99. The number of anilines is 1. The quantitative estimate of drug-likeness (QED) is 0.688. The first kappa shape index (κ1) is 15.2. The Bertz CT molecular complexity index is 811. The zero-order valence-corrected chi connectivity index (χ0v) is 11.9. The molecule has 2 aromatic carbocycles. The third-order valence-corrected chi connectivity index (χ3v) is 4.20. The molecule has 0 saturated carbocycles. The molecule has 0 heterocycles. The monoisotopic (exact) mass is 330 g/mol. The molecule has 0 aromatic heterocycles. The van der Waals surface area contributed by atoms with Crippen molar-refractivity contribution >= 4 is 33.0 Å². The van der Waals surface area contributed by atoms with Gasteiger partial charge in [0.1, 0.15) is 10.8 Å². The van der Waals surface area contributed by atoms with Crippen LogP contribution in [0.3, 0.4) is 0 Å². The maximum Gasteiger partial charge on any atom is 0.289 e. The average molecular weight is 331 g/mol. The van der Waals surface area contributed by atoms with Crippen LogP contribution in [0.15, 0.2) is 47.4 Å². The van der Waals surface area contributed by atoms with Crippen LogP contribution in [0.25, 0.3) is 0 Å². The molecular weight excluding hydrogens is 323 g/mol. The molecule has 0 unspecified atom stereocenters. The van der Waals surface area contributed by atoms with Crippen molar-refractivity contribution in [2.24, 2.45) is 0 Å². The molecule has 0 amide bonds. The van der Waals surface area contributed by atoms with E-state index in [0.717, 1.165) is 30.3 Å². The summed E-state index contributed by atoms with van der Waals surface area (Å²) in [5, 5.41) is 10.6. The molecule has 21 heavy (non-hydrogen) atoms. The lowest BCUT2D eigenvalue weighted by Crippen LogP contribution is -2.13. The summed E-state index contributed by atoms with van der Waals surface area (Å²) >= 11 is 5.62. The van der Waals surface area contributed by atoms with Gasteiger partial charge in [0.05, 0.1) is 15.5 Å². The van der Waals surface area contributed by atoms with Crippen LogP contribution in [-0.4, -0.2) is 13.3 Å². The zero-order chi connectivity index (χ0) is 15.6. The lowest BCUT2D eigenvalue weighted by Gasteiger charge is -2.08. The Balaban J connectivity index is 2.40. The topological polar surface area (TPSA) is 89.3 Å². The Morgan fingerprint density at radius 1 is 1.19 bits per heavy atom. The highest BCUT2D eigenvalue weighted by Crippen LogP contribution is 2.28. The van der Waals surface area contributed by atoms with Crippen LogP contribution in [0.2, 0.25) is 5.02 Å². The highest BCUT2D eigenvalue weighted by atomic mass is 35.5. The standard InChI is InChI=1S/C12H8ClFN2O4S/c13-11-5-4-10(7-12(11)16(17)18)21(19,20)15-9-3-1-2-8(14)6-9/h1-7,15H. The summed E-state index contributed by atoms with van der Waals surface area (Å²) in [4.78, 5) is 9.63. The summed E-state index contributed by atoms with van der Waals surface area (Å²) in [7, 11) is -4.08. The maximum absolute atomic E-state index is 13.0. The third-order valence-electron chi connectivity index (χ3n) is 2.50. The van der Waals surface area contributed by atoms with Crippen LogP contribution in [0.1, 0.15) is 0 Å². The Morgan fingerprint density at radius 2 is 1.90 bits per heavy atom. The van der Waals surface area contributed by atoms with E-state index in [4.69, 9.17) is 11.6 Å². The minimum absolute atomic E-state index is 0.00704. The van der Waals surface area contributed by atoms with E-state index in [9.17, 15) is 22.9 Å². The van der Waals surface area contributed by atoms with Gasteiger partial charge in [-0.25, -0.2) is 12.8 Å². The summed E-state index contributed by atoms with van der Waals surface area (Å²) in [5.41, 5.74) is -0.522. The van der Waals surface area contributed by atoms with Crippen molar-refractivity contribution in [1.29, 1.82) is 0 Å². The van der Waals surface area contributed by atoms with Gasteiger partial charge >= 0.3 is 0 Å². The molecule has 2 aromatic rings. The minimum Gasteiger partial charge on any atom is -0.280 e. The molecule has 0 aliphatic carbocycles. The molecule has 1 N–H and O–H groups in total. The van der Waals surface area contributed by atoms with Crippen molar-refractivity contribution in [3.05, 3.63) is 63.4 Å². The zero-order valence-electron chi connectivity index (χ0n) is 10.3. The highest BCUT2D eigenvalue weighted by Gasteiger charge is 2.20. The molecule has 0 aliphatic rings. The first-order valence-corrected chi connectivity index (χ1v) is 7.38. The van der Waals surface area contributed by atoms with E-state index >= 15 is 0 Å². The van der Waals surface area contributed by atoms with Gasteiger partial charge in [-0.15, -0.1) is 0 Å². The predicted molar refractivity (Wildman–Crippen MR) is 75.3 cm³/mol. The lowest BCUT2D eigenvalue weighted by atomic mass is 10.3. The Kier molecular flexibility index (Phi) is 4.10. The fourth-order valence-electron chi connectivity index (χ4n) is 1.57. The normalized spacial score (nSPS) is 11.1. The van der Waals surface area contributed by atoms with E-state index in [2.05, 4.69) is 4.72 Å². The van der Waals surface area contributed by atoms with Gasteiger partial charge in [0.2, 0.25) is 0 Å². The predicted octanol–water partition coefficient (Wildman–Crippen LogP) is 3.19. The van der Waals surface area contributed by atoms with E-state index in [1.54, 1.807) is 0 Å². The van der Waals surface area contributed by atoms with E-state index < -0.39 is 26.5 Å². The maximum atomic E-state index is 13.0. The number of halogens is 2. The van der Waals surface area contributed by atoms with Crippen LogP contribution in [-0.2, 0) is 10.0 Å². The van der Waals surface area contributed by atoms with Gasteiger partial charge in [-0.1, -0.05) is 17.7 Å². The smallest absolute Gasteiger partial charge is 0.280 e. The molecule has 110 valence electrons. The number of nitro benzene ring substituents is 1. The van der Waals surface area contributed by atoms with Crippen LogP contribution in [0, 0.1) is 15.9 Å². The molecular formula is C12H8ClFN2O4S. The number of rotatable bonds is 4. The number of hydrogen-bond donors (Lipinski definition) is 1. The summed E-state index contributed by atoms with van der Waals surface area (Å²) in [6, 6.07) is 7.90. The second kappa shape index (κ2) is 5.66. The van der Waals surface area contributed by atoms with Crippen molar-refractivity contribution in [1.82, 2.24) is 0 Å². The Hall–Kier alpha value is -2.19. The van der Waals surface area contributed by atoms with E-state index in [-0.39, 0.29) is 15.6 Å². The summed E-state index contributed by atoms with van der Waals surface area (Å²) in [6.07, 6.45) is 0. The van der Waals surface area contributed by atoms with Gasteiger partial charge in [-0.05, 0) is 30.3 Å². The number of nitro groups is 1. The molecule has 0 saturated heterocycles. The van der Waals surface area contributed by atoms with Gasteiger partial charge in [0, 0.05) is 6.07 Å². The number of sulfonamides is 1. The van der Waals surface area contributed by atoms with Crippen LogP contribution in [0.5, 0.6) is 0 Å². The SMILES string of the molecule is O=[N+]([O-])c1cc(S(=O)(=O)Nc2cccc(F)c2)ccc1Cl. The van der Waals surface area contributed by atoms with E-state index in [1.165, 1.54) is 12.1 Å². The van der Waals surface area contributed by atoms with Crippen LogP contribution < -0.4 is 4.72 Å². The molecule has 0 atom stereocenters. The van der Waals surface area contributed by atoms with Gasteiger partial charge in [-0.3, -0.25) is 14.8 Å². The summed E-state index contributed by atoms with van der Waals surface area (Å²) in [6.45, 7) is 0. The molecule has 0 spiro atoms. The third kappa shape index (κ3) is 3.47. The second-order valence-corrected chi connectivity index (χ2v) is 6.08. The van der Waals surface area contributed by atoms with Gasteiger partial charge in [-0.2, -0.15) is 0 Å². The molecule has 2 rings (SSSR count). The van der Waals surface area contributed by atoms with Crippen molar-refractivity contribution in [2.45, 2.75) is 4.90 Å². The number of hydrogen-bond acceptors (Lipinski definition) is 4. The van der Waals surface area contributed by atoms with E-state index in [0.29, 0.717) is 0 Å². The minimum atomic E-state index is -4.08. The molecule has 9 heteroatoms. The first-order valence-electron chi connectivity index (χ1n) is 5.52. The van der Waals surface area contributed by atoms with Crippen molar-refractivity contribution < 1.29 is 17.7 Å². The summed E-state index contributed by atoms with van der Waals surface area (Å²) in [5.74, 6) is -0.614. The summed E-state index contributed by atoms with van der Waals surface area (Å²) < 4.78 is 39.4. The van der Waals surface area contributed by atoms with Gasteiger partial charge in [0.15, 0.2) is 0 Å².